The van der Waals surface area contributed by atoms with Crippen LogP contribution in [-0.4, -0.2) is 73.9 Å². The van der Waals surface area contributed by atoms with Gasteiger partial charge in [-0.3, -0.25) is 9.59 Å². The van der Waals surface area contributed by atoms with Crippen LogP contribution in [0.15, 0.2) is 48.7 Å². The number of aromatic amines is 2. The van der Waals surface area contributed by atoms with E-state index in [1.807, 2.05) is 22.9 Å². The molecule has 2 saturated carbocycles. The summed E-state index contributed by atoms with van der Waals surface area (Å²) in [7, 11) is 1.31. The van der Waals surface area contributed by atoms with Gasteiger partial charge in [-0.1, -0.05) is 50.1 Å². The quantitative estimate of drug-likeness (QED) is 0.142. The molecule has 3 aromatic carbocycles. The topological polar surface area (TPSA) is 136 Å². The third-order valence-corrected chi connectivity index (χ3v) is 15.9. The van der Waals surface area contributed by atoms with E-state index in [1.165, 1.54) is 97.4 Å². The lowest BCUT2D eigenvalue weighted by Gasteiger charge is -2.41. The van der Waals surface area contributed by atoms with Crippen molar-refractivity contribution >= 4 is 28.9 Å². The number of aromatic nitrogens is 4. The normalized spacial score (nSPS) is 23.9. The summed E-state index contributed by atoms with van der Waals surface area (Å²) in [4.78, 5) is 59.4. The van der Waals surface area contributed by atoms with Crippen molar-refractivity contribution in [2.24, 2.45) is 5.41 Å². The van der Waals surface area contributed by atoms with Gasteiger partial charge in [-0.15, -0.1) is 0 Å². The first-order chi connectivity index (χ1) is 30.2. The van der Waals surface area contributed by atoms with Crippen molar-refractivity contribution in [2.75, 3.05) is 20.2 Å². The second-order valence-electron chi connectivity index (χ2n) is 19.4. The number of hydrogen-bond donors (Lipinski definition) is 3. The maximum absolute atomic E-state index is 13.5. The number of fused-ring (bicyclic) bond motifs is 4. The average Bonchev–Trinajstić information content (AvgIpc) is 4.17. The molecule has 5 aliphatic carbocycles. The number of carbonyl (C=O) groups is 3. The standard InChI is InChI=1S/C51H59N7O4/c1-4-44(59)57-23-7-10-43(57)48-54-39-20-15-32(25-40(39)55-48)33-16-19-36(46-31-13-11-30(12-14-31)45(33)46)34-17-18-35(38-27-51(26-37(34)38)21-5-6-22-51)41-28-52-47(56-41)42-9-8-24-58(42)49(60)29(2)53-50(61)62-3/h15-20,25,28-31,42-43H,4-14,21-24,26-27H2,1-3H3,(H,52,56)(H,53,61)(H,54,55)/t29-,30?,31?,42+,43-/m0/s1. The Balaban J connectivity index is 0.957. The van der Waals surface area contributed by atoms with Gasteiger partial charge < -0.3 is 29.8 Å². The van der Waals surface area contributed by atoms with Gasteiger partial charge in [0.2, 0.25) is 11.8 Å². The number of imidazole rings is 2. The fourth-order valence-corrected chi connectivity index (χ4v) is 13.0. The minimum Gasteiger partial charge on any atom is -0.453 e. The maximum Gasteiger partial charge on any atom is 0.407 e. The number of carbonyl (C=O) groups excluding carboxylic acids is 3. The van der Waals surface area contributed by atoms with Crippen molar-refractivity contribution < 1.29 is 19.1 Å². The van der Waals surface area contributed by atoms with E-state index < -0.39 is 12.1 Å². The molecule has 3 atom stereocenters. The van der Waals surface area contributed by atoms with Crippen LogP contribution < -0.4 is 5.32 Å². The molecule has 4 fully saturated rings. The van der Waals surface area contributed by atoms with Crippen LogP contribution in [0.1, 0.15) is 155 Å². The molecular weight excluding hydrogens is 775 g/mol. The zero-order valence-electron chi connectivity index (χ0n) is 36.4. The van der Waals surface area contributed by atoms with Crippen LogP contribution in [0.5, 0.6) is 0 Å². The number of likely N-dealkylation sites (tertiary alicyclic amines) is 2. The predicted molar refractivity (Wildman–Crippen MR) is 239 cm³/mol. The lowest BCUT2D eigenvalue weighted by molar-refractivity contribution is -0.134. The number of methoxy groups -OCH3 is 1. The number of hydrogen-bond acceptors (Lipinski definition) is 6. The Morgan fingerprint density at radius 3 is 2.16 bits per heavy atom. The van der Waals surface area contributed by atoms with Crippen LogP contribution in [0, 0.1) is 5.41 Å². The fourth-order valence-electron chi connectivity index (χ4n) is 13.0. The van der Waals surface area contributed by atoms with Crippen LogP contribution >= 0.6 is 0 Å². The second kappa shape index (κ2) is 15.4. The summed E-state index contributed by atoms with van der Waals surface area (Å²) in [6, 6.07) is 15.6. The number of benzene rings is 3. The van der Waals surface area contributed by atoms with Gasteiger partial charge in [0.1, 0.15) is 17.7 Å². The highest BCUT2D eigenvalue weighted by Gasteiger charge is 2.44. The molecule has 0 radical (unpaired) electrons. The largest absolute Gasteiger partial charge is 0.453 e. The van der Waals surface area contributed by atoms with Gasteiger partial charge in [0.05, 0.1) is 42.1 Å². The smallest absolute Gasteiger partial charge is 0.407 e. The van der Waals surface area contributed by atoms with Crippen LogP contribution in [0.2, 0.25) is 0 Å². The Labute approximate surface area is 363 Å². The summed E-state index contributed by atoms with van der Waals surface area (Å²) in [5.41, 5.74) is 16.2. The van der Waals surface area contributed by atoms with Gasteiger partial charge in [0.15, 0.2) is 0 Å². The van der Waals surface area contributed by atoms with E-state index in [-0.39, 0.29) is 23.9 Å². The highest BCUT2D eigenvalue weighted by Crippen LogP contribution is 2.58. The Morgan fingerprint density at radius 1 is 0.790 bits per heavy atom. The number of nitrogens with one attached hydrogen (secondary N) is 3. The summed E-state index contributed by atoms with van der Waals surface area (Å²) in [6.07, 6.45) is 17.9. The first-order valence-electron chi connectivity index (χ1n) is 23.5. The Morgan fingerprint density at radius 2 is 1.44 bits per heavy atom. The first-order valence-corrected chi connectivity index (χ1v) is 23.5. The van der Waals surface area contributed by atoms with E-state index in [1.54, 1.807) is 18.1 Å². The molecule has 7 aliphatic rings. The van der Waals surface area contributed by atoms with E-state index in [0.29, 0.717) is 30.2 Å². The minimum atomic E-state index is -0.688. The van der Waals surface area contributed by atoms with E-state index in [0.717, 1.165) is 73.4 Å². The lowest BCUT2D eigenvalue weighted by atomic mass is 9.63. The van der Waals surface area contributed by atoms with E-state index in [9.17, 15) is 14.4 Å². The molecule has 322 valence electrons. The third kappa shape index (κ3) is 6.47. The predicted octanol–water partition coefficient (Wildman–Crippen LogP) is 10.2. The Bertz CT molecular complexity index is 2590. The van der Waals surface area contributed by atoms with Crippen LogP contribution in [0.25, 0.3) is 44.5 Å². The highest BCUT2D eigenvalue weighted by atomic mass is 16.5. The number of ether oxygens (including phenoxy) is 1. The molecule has 62 heavy (non-hydrogen) atoms. The molecule has 3 N–H and O–H groups in total. The zero-order valence-corrected chi connectivity index (χ0v) is 36.4. The molecule has 3 amide bonds. The second-order valence-corrected chi connectivity index (χ2v) is 19.4. The molecule has 4 heterocycles. The van der Waals surface area contributed by atoms with Gasteiger partial charge >= 0.3 is 6.09 Å². The van der Waals surface area contributed by atoms with Gasteiger partial charge in [-0.05, 0) is 158 Å². The van der Waals surface area contributed by atoms with E-state index >= 15 is 0 Å². The molecule has 11 heteroatoms. The summed E-state index contributed by atoms with van der Waals surface area (Å²) >= 11 is 0. The molecule has 12 rings (SSSR count). The summed E-state index contributed by atoms with van der Waals surface area (Å²) < 4.78 is 4.76. The average molecular weight is 834 g/mol. The van der Waals surface area contributed by atoms with Gasteiger partial charge in [-0.25, -0.2) is 14.8 Å². The summed E-state index contributed by atoms with van der Waals surface area (Å²) in [6.45, 7) is 5.09. The zero-order chi connectivity index (χ0) is 42.3. The molecule has 2 aliphatic heterocycles. The van der Waals surface area contributed by atoms with Crippen LogP contribution in [0.4, 0.5) is 4.79 Å². The number of H-pyrrole nitrogens is 2. The van der Waals surface area contributed by atoms with Crippen LogP contribution in [-0.2, 0) is 27.2 Å². The number of amides is 3. The van der Waals surface area contributed by atoms with Crippen molar-refractivity contribution in [3.05, 3.63) is 82.6 Å². The van der Waals surface area contributed by atoms with Gasteiger partial charge in [0, 0.05) is 25.1 Å². The SMILES string of the molecule is CCC(=O)N1CCC[C@H]1c1nc2ccc(-c3ccc(-c4ccc(-c5cnc([C@H]6CCCN6C(=O)[C@H](C)NC(=O)OC)[nH]5)c5c4CC4(CCCC4)C5)c4c3C3CCC4CC3)cc2[nH]1. The Kier molecular flexibility index (Phi) is 9.80. The molecule has 2 aromatic heterocycles. The van der Waals surface area contributed by atoms with Gasteiger partial charge in [0.25, 0.3) is 0 Å². The fraction of sp³-hybridized carbons (Fsp3) is 0.510. The summed E-state index contributed by atoms with van der Waals surface area (Å²) in [5, 5.41) is 2.64. The molecule has 2 saturated heterocycles. The summed E-state index contributed by atoms with van der Waals surface area (Å²) in [5.74, 6) is 2.91. The van der Waals surface area contributed by atoms with E-state index in [2.05, 4.69) is 57.7 Å². The maximum atomic E-state index is 13.5. The van der Waals surface area contributed by atoms with Crippen molar-refractivity contribution in [1.82, 2.24) is 35.1 Å². The number of nitrogens with zero attached hydrogens (tertiary/aromatic N) is 4. The van der Waals surface area contributed by atoms with Crippen LogP contribution in [0.3, 0.4) is 0 Å². The third-order valence-electron chi connectivity index (χ3n) is 15.9. The highest BCUT2D eigenvalue weighted by molar-refractivity contribution is 5.88. The molecule has 1 spiro atoms. The van der Waals surface area contributed by atoms with Crippen molar-refractivity contribution in [3.8, 4) is 33.5 Å². The molecule has 2 bridgehead atoms. The Hall–Kier alpha value is -5.45. The molecule has 11 nitrogen and oxygen atoms in total. The molecule has 0 unspecified atom stereocenters. The molecular formula is C51H59N7O4. The monoisotopic (exact) mass is 833 g/mol. The van der Waals surface area contributed by atoms with Crippen molar-refractivity contribution in [2.45, 2.75) is 140 Å². The number of rotatable bonds is 8. The van der Waals surface area contributed by atoms with E-state index in [4.69, 9.17) is 14.7 Å². The van der Waals surface area contributed by atoms with Gasteiger partial charge in [-0.2, -0.15) is 0 Å². The minimum absolute atomic E-state index is 0.0216. The molecule has 5 aromatic rings. The lowest BCUT2D eigenvalue weighted by Crippen LogP contribution is -2.46. The van der Waals surface area contributed by atoms with Crippen molar-refractivity contribution in [3.63, 3.8) is 0 Å². The first kappa shape index (κ1) is 39.4. The van der Waals surface area contributed by atoms with Crippen molar-refractivity contribution in [1.29, 1.82) is 0 Å². The number of alkyl carbamates (subject to hydrolysis) is 1.